The van der Waals surface area contributed by atoms with E-state index in [1.165, 1.54) is 0 Å². The van der Waals surface area contributed by atoms with Gasteiger partial charge in [0.05, 0.1) is 11.1 Å². The Morgan fingerprint density at radius 1 is 1.11 bits per heavy atom. The van der Waals surface area contributed by atoms with Crippen LogP contribution in [0.25, 0.3) is 33.7 Å². The molecule has 0 fully saturated rings. The van der Waals surface area contributed by atoms with Gasteiger partial charge < -0.3 is 15.8 Å². The van der Waals surface area contributed by atoms with Crippen molar-refractivity contribution in [3.05, 3.63) is 47.4 Å². The van der Waals surface area contributed by atoms with E-state index in [0.717, 1.165) is 11.1 Å². The summed E-state index contributed by atoms with van der Waals surface area (Å²) in [4.78, 5) is 20.0. The molecule has 132 valence electrons. The van der Waals surface area contributed by atoms with Gasteiger partial charge in [0.2, 0.25) is 5.95 Å². The van der Waals surface area contributed by atoms with Gasteiger partial charge in [-0.15, -0.1) is 0 Å². The second-order valence-corrected chi connectivity index (χ2v) is 6.17. The first-order chi connectivity index (χ1) is 13.0. The summed E-state index contributed by atoms with van der Waals surface area (Å²) in [6.45, 7) is 3.74. The summed E-state index contributed by atoms with van der Waals surface area (Å²) in [6, 6.07) is 5.68. The SMILES string of the molecule is Cc1ccc(O)c(C)c1-c1cnc2[nH]c(-c3cnc(N)nc3)nc2c1C#N. The zero-order valence-electron chi connectivity index (χ0n) is 14.6. The van der Waals surface area contributed by atoms with Gasteiger partial charge in [-0.05, 0) is 36.6 Å². The number of aryl methyl sites for hydroxylation is 1. The number of pyridine rings is 1. The number of nitriles is 1. The minimum Gasteiger partial charge on any atom is -0.508 e. The number of aromatic amines is 1. The number of imidazole rings is 1. The molecule has 0 aliphatic rings. The van der Waals surface area contributed by atoms with E-state index in [2.05, 4.69) is 31.0 Å². The Bertz CT molecular complexity index is 1220. The number of aromatic nitrogens is 5. The van der Waals surface area contributed by atoms with Crippen molar-refractivity contribution in [2.75, 3.05) is 5.73 Å². The summed E-state index contributed by atoms with van der Waals surface area (Å²) in [7, 11) is 0. The first kappa shape index (κ1) is 16.5. The van der Waals surface area contributed by atoms with Crippen LogP contribution < -0.4 is 5.73 Å². The first-order valence-electron chi connectivity index (χ1n) is 8.16. The lowest BCUT2D eigenvalue weighted by Gasteiger charge is -2.12. The number of phenolic OH excluding ortho intramolecular Hbond substituents is 1. The average Bonchev–Trinajstić information content (AvgIpc) is 3.09. The highest BCUT2D eigenvalue weighted by Crippen LogP contribution is 2.36. The number of nitrogens with zero attached hydrogens (tertiary/aromatic N) is 5. The molecule has 0 amide bonds. The number of nitrogen functional groups attached to an aromatic ring is 1. The Morgan fingerprint density at radius 2 is 1.85 bits per heavy atom. The molecule has 0 saturated heterocycles. The van der Waals surface area contributed by atoms with E-state index in [1.807, 2.05) is 19.9 Å². The molecular formula is C19H15N7O. The van der Waals surface area contributed by atoms with Crippen LogP contribution in [0.1, 0.15) is 16.7 Å². The maximum absolute atomic E-state index is 10.1. The monoisotopic (exact) mass is 357 g/mol. The van der Waals surface area contributed by atoms with Gasteiger partial charge in [0.1, 0.15) is 23.2 Å². The third-order valence-electron chi connectivity index (χ3n) is 4.48. The van der Waals surface area contributed by atoms with E-state index in [-0.39, 0.29) is 11.7 Å². The van der Waals surface area contributed by atoms with Crippen LogP contribution >= 0.6 is 0 Å². The van der Waals surface area contributed by atoms with Gasteiger partial charge in [-0.2, -0.15) is 5.26 Å². The van der Waals surface area contributed by atoms with Crippen molar-refractivity contribution in [3.8, 4) is 34.3 Å². The Labute approximate surface area is 154 Å². The van der Waals surface area contributed by atoms with Crippen LogP contribution in [0.4, 0.5) is 5.95 Å². The number of hydrogen-bond acceptors (Lipinski definition) is 7. The third kappa shape index (κ3) is 2.62. The van der Waals surface area contributed by atoms with Gasteiger partial charge in [-0.1, -0.05) is 6.07 Å². The maximum atomic E-state index is 10.1. The summed E-state index contributed by atoms with van der Waals surface area (Å²) in [5.74, 6) is 0.833. The van der Waals surface area contributed by atoms with Gasteiger partial charge >= 0.3 is 0 Å². The van der Waals surface area contributed by atoms with E-state index < -0.39 is 0 Å². The normalized spacial score (nSPS) is 10.9. The number of hydrogen-bond donors (Lipinski definition) is 3. The molecule has 0 spiro atoms. The van der Waals surface area contributed by atoms with Crippen molar-refractivity contribution in [2.24, 2.45) is 0 Å². The number of fused-ring (bicyclic) bond motifs is 1. The largest absolute Gasteiger partial charge is 0.508 e. The van der Waals surface area contributed by atoms with E-state index in [1.54, 1.807) is 24.7 Å². The minimum atomic E-state index is 0.168. The fraction of sp³-hybridized carbons (Fsp3) is 0.105. The summed E-state index contributed by atoms with van der Waals surface area (Å²) >= 11 is 0. The molecule has 0 radical (unpaired) electrons. The summed E-state index contributed by atoms with van der Waals surface area (Å²) in [5, 5.41) is 19.9. The molecule has 0 unspecified atom stereocenters. The maximum Gasteiger partial charge on any atom is 0.219 e. The van der Waals surface area contributed by atoms with Crippen LogP contribution in [0, 0.1) is 25.2 Å². The van der Waals surface area contributed by atoms with Crippen LogP contribution in [-0.2, 0) is 0 Å². The van der Waals surface area contributed by atoms with Gasteiger partial charge in [0.25, 0.3) is 0 Å². The van der Waals surface area contributed by atoms with Crippen LogP contribution in [-0.4, -0.2) is 30.0 Å². The number of nitrogens with two attached hydrogens (primary N) is 1. The number of anilines is 1. The number of aromatic hydroxyl groups is 1. The molecular weight excluding hydrogens is 342 g/mol. The molecule has 4 N–H and O–H groups in total. The molecule has 27 heavy (non-hydrogen) atoms. The number of benzene rings is 1. The fourth-order valence-corrected chi connectivity index (χ4v) is 3.10. The summed E-state index contributed by atoms with van der Waals surface area (Å²) in [5.41, 5.74) is 10.5. The van der Waals surface area contributed by atoms with Crippen molar-refractivity contribution < 1.29 is 5.11 Å². The standard InChI is InChI=1S/C19H15N7O/c1-9-3-4-14(27)10(2)15(9)13-8-22-18-16(12(13)5-20)25-17(26-18)11-6-23-19(21)24-7-11/h3-4,6-8,27H,1-2H3,(H2,21,23,24)(H,22,25,26). The molecule has 4 rings (SSSR count). The number of phenols is 1. The molecule has 8 nitrogen and oxygen atoms in total. The number of H-pyrrole nitrogens is 1. The quantitative estimate of drug-likeness (QED) is 0.501. The van der Waals surface area contributed by atoms with E-state index >= 15 is 0 Å². The molecule has 8 heteroatoms. The predicted octanol–water partition coefficient (Wildman–Crippen LogP) is 2.86. The molecule has 4 aromatic rings. The lowest BCUT2D eigenvalue weighted by atomic mass is 9.93. The van der Waals surface area contributed by atoms with E-state index in [0.29, 0.717) is 39.2 Å². The predicted molar refractivity (Wildman–Crippen MR) is 101 cm³/mol. The van der Waals surface area contributed by atoms with E-state index in [4.69, 9.17) is 5.73 Å². The third-order valence-corrected chi connectivity index (χ3v) is 4.48. The molecule has 3 aromatic heterocycles. The molecule has 0 bridgehead atoms. The smallest absolute Gasteiger partial charge is 0.219 e. The number of nitrogens with one attached hydrogen (secondary N) is 1. The van der Waals surface area contributed by atoms with Crippen molar-refractivity contribution in [1.29, 1.82) is 5.26 Å². The zero-order chi connectivity index (χ0) is 19.1. The van der Waals surface area contributed by atoms with Crippen molar-refractivity contribution in [1.82, 2.24) is 24.9 Å². The van der Waals surface area contributed by atoms with Crippen molar-refractivity contribution in [2.45, 2.75) is 13.8 Å². The second-order valence-electron chi connectivity index (χ2n) is 6.17. The summed E-state index contributed by atoms with van der Waals surface area (Å²) < 4.78 is 0. The van der Waals surface area contributed by atoms with E-state index in [9.17, 15) is 10.4 Å². The van der Waals surface area contributed by atoms with Crippen molar-refractivity contribution in [3.63, 3.8) is 0 Å². The molecule has 0 aliphatic heterocycles. The van der Waals surface area contributed by atoms with Gasteiger partial charge in [-0.25, -0.2) is 19.9 Å². The van der Waals surface area contributed by atoms with Crippen LogP contribution in [0.2, 0.25) is 0 Å². The Kier molecular flexibility index (Phi) is 3.70. The zero-order valence-corrected chi connectivity index (χ0v) is 14.6. The van der Waals surface area contributed by atoms with Gasteiger partial charge in [-0.3, -0.25) is 0 Å². The Morgan fingerprint density at radius 3 is 2.56 bits per heavy atom. The molecule has 0 atom stereocenters. The Hall–Kier alpha value is -3.99. The molecule has 1 aromatic carbocycles. The fourth-order valence-electron chi connectivity index (χ4n) is 3.10. The first-order valence-corrected chi connectivity index (χ1v) is 8.16. The van der Waals surface area contributed by atoms with Crippen LogP contribution in [0.3, 0.4) is 0 Å². The topological polar surface area (TPSA) is 137 Å². The highest BCUT2D eigenvalue weighted by molar-refractivity contribution is 5.90. The van der Waals surface area contributed by atoms with Crippen LogP contribution in [0.5, 0.6) is 5.75 Å². The number of rotatable bonds is 2. The summed E-state index contributed by atoms with van der Waals surface area (Å²) in [6.07, 6.45) is 4.73. The minimum absolute atomic E-state index is 0.168. The Balaban J connectivity index is 1.96. The van der Waals surface area contributed by atoms with Gasteiger partial charge in [0.15, 0.2) is 5.65 Å². The molecule has 0 aliphatic carbocycles. The highest BCUT2D eigenvalue weighted by Gasteiger charge is 2.19. The highest BCUT2D eigenvalue weighted by atomic mass is 16.3. The second kappa shape index (κ2) is 6.07. The lowest BCUT2D eigenvalue weighted by Crippen LogP contribution is -1.95. The van der Waals surface area contributed by atoms with Crippen LogP contribution in [0.15, 0.2) is 30.7 Å². The lowest BCUT2D eigenvalue weighted by molar-refractivity contribution is 0.471. The van der Waals surface area contributed by atoms with Crippen molar-refractivity contribution >= 4 is 17.1 Å². The average molecular weight is 357 g/mol. The molecule has 0 saturated carbocycles. The molecule has 3 heterocycles. The van der Waals surface area contributed by atoms with Gasteiger partial charge in [0, 0.05) is 24.2 Å².